The summed E-state index contributed by atoms with van der Waals surface area (Å²) in [6.45, 7) is 3.44. The van der Waals surface area contributed by atoms with E-state index in [1.54, 1.807) is 30.5 Å². The number of pyridine rings is 1. The van der Waals surface area contributed by atoms with Crippen LogP contribution in [0, 0.1) is 22.5 Å². The van der Waals surface area contributed by atoms with Gasteiger partial charge in [0.1, 0.15) is 29.5 Å². The van der Waals surface area contributed by atoms with Crippen molar-refractivity contribution >= 4 is 41.7 Å². The van der Waals surface area contributed by atoms with Crippen LogP contribution in [-0.4, -0.2) is 159 Å². The molecule has 3 fully saturated rings. The van der Waals surface area contributed by atoms with E-state index in [2.05, 4.69) is 35.0 Å². The van der Waals surface area contributed by atoms with Gasteiger partial charge in [-0.3, -0.25) is 24.9 Å². The van der Waals surface area contributed by atoms with Gasteiger partial charge in [-0.1, -0.05) is 24.3 Å². The number of aliphatic hydroxyl groups excluding tert-OH is 1. The van der Waals surface area contributed by atoms with Gasteiger partial charge in [0.15, 0.2) is 0 Å². The van der Waals surface area contributed by atoms with Crippen molar-refractivity contribution < 1.29 is 73.6 Å². The Morgan fingerprint density at radius 3 is 1.83 bits per heavy atom. The van der Waals surface area contributed by atoms with Crippen LogP contribution in [0.3, 0.4) is 0 Å². The molecular weight excluding hydrogens is 1030 g/mol. The first-order valence-corrected chi connectivity index (χ1v) is 24.5. The lowest BCUT2D eigenvalue weighted by atomic mass is 9.82. The van der Waals surface area contributed by atoms with E-state index in [9.17, 15) is 50.6 Å². The molecule has 3 saturated heterocycles. The lowest BCUT2D eigenvalue weighted by Gasteiger charge is -2.48. The van der Waals surface area contributed by atoms with E-state index in [0.717, 1.165) is 71.3 Å². The third-order valence-electron chi connectivity index (χ3n) is 14.4. The predicted molar refractivity (Wildman–Crippen MR) is 267 cm³/mol. The van der Waals surface area contributed by atoms with Crippen molar-refractivity contribution in [3.8, 4) is 11.1 Å². The number of rotatable bonds is 20. The fourth-order valence-electron chi connectivity index (χ4n) is 9.41. The van der Waals surface area contributed by atoms with E-state index < -0.39 is 108 Å². The summed E-state index contributed by atoms with van der Waals surface area (Å²) in [6, 6.07) is 6.56. The first-order valence-electron chi connectivity index (χ1n) is 24.5. The largest absolute Gasteiger partial charge is 0.453 e. The van der Waals surface area contributed by atoms with Crippen LogP contribution in [0.15, 0.2) is 65.8 Å². The van der Waals surface area contributed by atoms with Gasteiger partial charge in [-0.05, 0) is 88.4 Å². The minimum atomic E-state index is -5.19. The number of anilines is 1. The topological polar surface area (TPSA) is 225 Å². The summed E-state index contributed by atoms with van der Waals surface area (Å²) in [4.78, 5) is 66.2. The first kappa shape index (κ1) is 59.6. The molecule has 6 atom stereocenters. The highest BCUT2D eigenvalue weighted by Crippen LogP contribution is 2.42. The molecule has 7 N–H and O–H groups in total. The van der Waals surface area contributed by atoms with Crippen molar-refractivity contribution in [1.29, 1.82) is 0 Å². The summed E-state index contributed by atoms with van der Waals surface area (Å²) < 4.78 is 134. The van der Waals surface area contributed by atoms with Crippen LogP contribution in [0.2, 0.25) is 0 Å². The Morgan fingerprint density at radius 1 is 0.831 bits per heavy atom. The van der Waals surface area contributed by atoms with E-state index in [4.69, 9.17) is 15.5 Å². The highest BCUT2D eigenvalue weighted by atomic mass is 19.4. The summed E-state index contributed by atoms with van der Waals surface area (Å²) in [5, 5.41) is 18.7. The van der Waals surface area contributed by atoms with Crippen LogP contribution in [0.25, 0.3) is 16.8 Å². The molecule has 18 nitrogen and oxygen atoms in total. The average Bonchev–Trinajstić information content (AvgIpc) is 3.59. The number of nitrogens with two attached hydrogens (primary N) is 1. The van der Waals surface area contributed by atoms with Crippen LogP contribution < -0.4 is 32.0 Å². The lowest BCUT2D eigenvalue weighted by Crippen LogP contribution is -2.63. The average molecular weight is 1100 g/mol. The summed E-state index contributed by atoms with van der Waals surface area (Å²) >= 11 is 0. The Kier molecular flexibility index (Phi) is 18.9. The quantitative estimate of drug-likeness (QED) is 0.0460. The molecule has 0 spiro atoms. The zero-order chi connectivity index (χ0) is 56.8. The Balaban J connectivity index is 1.33. The van der Waals surface area contributed by atoms with Gasteiger partial charge in [-0.25, -0.2) is 28.4 Å². The van der Waals surface area contributed by atoms with Gasteiger partial charge in [0.05, 0.1) is 56.5 Å². The second-order valence-electron chi connectivity index (χ2n) is 20.3. The summed E-state index contributed by atoms with van der Waals surface area (Å²) in [6.07, 6.45) is -9.35. The highest BCUT2D eigenvalue weighted by Gasteiger charge is 2.57. The number of hydrogen-bond acceptors (Lipinski definition) is 14. The van der Waals surface area contributed by atoms with Gasteiger partial charge >= 0.3 is 24.5 Å². The summed E-state index contributed by atoms with van der Waals surface area (Å²) in [7, 11) is 3.07. The van der Waals surface area contributed by atoms with E-state index in [-0.39, 0.29) is 11.3 Å². The van der Waals surface area contributed by atoms with Crippen LogP contribution >= 0.6 is 0 Å². The molecular formula is C51H64F8N10O8. The number of benzene rings is 2. The maximum Gasteiger partial charge on any atom is 0.407 e. The molecule has 422 valence electrons. The number of methoxy groups -OCH3 is 2. The second kappa shape index (κ2) is 24.4. The highest BCUT2D eigenvalue weighted by molar-refractivity contribution is 5.87. The van der Waals surface area contributed by atoms with Crippen molar-refractivity contribution in [2.24, 2.45) is 21.6 Å². The number of amides is 4. The van der Waals surface area contributed by atoms with Crippen molar-refractivity contribution in [3.05, 3.63) is 89.1 Å². The maximum absolute atomic E-state index is 16.0. The minimum absolute atomic E-state index is 0.131. The molecule has 4 amide bonds. The van der Waals surface area contributed by atoms with E-state index >= 15 is 8.78 Å². The Bertz CT molecular complexity index is 2600. The number of nitrogens with one attached hydrogen (secondary N) is 4. The van der Waals surface area contributed by atoms with Gasteiger partial charge in [0.2, 0.25) is 5.91 Å². The number of alkyl carbamates (subject to hydrolysis) is 2. The van der Waals surface area contributed by atoms with Gasteiger partial charge in [0, 0.05) is 80.1 Å². The minimum Gasteiger partial charge on any atom is -0.453 e. The van der Waals surface area contributed by atoms with Crippen LogP contribution in [0.1, 0.15) is 57.2 Å². The van der Waals surface area contributed by atoms with Crippen molar-refractivity contribution in [2.45, 2.75) is 108 Å². The van der Waals surface area contributed by atoms with Crippen molar-refractivity contribution in [1.82, 2.24) is 36.3 Å². The van der Waals surface area contributed by atoms with Gasteiger partial charge in [-0.15, -0.1) is 0 Å². The Morgan fingerprint density at radius 2 is 1.36 bits per heavy atom. The third-order valence-corrected chi connectivity index (χ3v) is 14.4. The molecule has 0 aliphatic carbocycles. The second-order valence-corrected chi connectivity index (χ2v) is 20.3. The standard InChI is InChI=1S/C51H64F8N10O8/c1-48(2,50(54,55)56)42(64-46(73)75-6)44(71)63-39(18-28-8-10-29(11-9-28)30-12-15-41(62-21-30)67-22-32-13-14-33(23-67)69(32)34-26-77-27-34)40(70)25-68(24-35-36(52)19-31(20-37(35)53)38(60)16-17-61-5)66-45(72)43(65-47(74)76-7)49(3,4)51(57,58)59/h8-12,15-17,19-21,32-34,39-40,42-43,70H,13-14,18,22-27,60H2,1-7H3,(H,63,71)(H,64,73)(H,65,74)(H,66,72)/t32?,33?,39-,40-,42+,43+/m0/s1. The number of fused-ring (bicyclic) bond motifs is 2. The molecule has 2 bridgehead atoms. The van der Waals surface area contributed by atoms with E-state index in [1.165, 1.54) is 19.3 Å². The molecule has 3 aromatic rings. The SMILES string of the molecule is CN=CC=C(N)c1cc(F)c(CN(C[C@H](O)[C@H](Cc2ccc(-c3ccc(N4CC5CCC(C4)N5C4COC4)nc3)cc2)NC(=O)[C@@H](NC(=O)OC)C(C)(C)C(F)(F)F)NC(=O)[C@@H](NC(=O)OC)C(C)(C)C(F)(F)F)c(F)c1. The molecule has 0 saturated carbocycles. The van der Waals surface area contributed by atoms with Crippen molar-refractivity contribution in [3.63, 3.8) is 0 Å². The van der Waals surface area contributed by atoms with Gasteiger partial charge in [-0.2, -0.15) is 26.3 Å². The number of halogens is 8. The molecule has 1 aromatic heterocycles. The number of carbonyl (C=O) groups is 4. The number of nitrogens with zero attached hydrogens (tertiary/aromatic N) is 5. The smallest absolute Gasteiger partial charge is 0.407 e. The van der Waals surface area contributed by atoms with Crippen LogP contribution in [-0.2, 0) is 36.8 Å². The predicted octanol–water partition coefficient (Wildman–Crippen LogP) is 5.63. The molecule has 77 heavy (non-hydrogen) atoms. The fourth-order valence-corrected chi connectivity index (χ4v) is 9.41. The molecule has 6 rings (SSSR count). The van der Waals surface area contributed by atoms with Crippen LogP contribution in [0.5, 0.6) is 0 Å². The van der Waals surface area contributed by atoms with E-state index in [0.29, 0.717) is 67.5 Å². The number of aromatic nitrogens is 1. The molecule has 3 aliphatic rings. The molecule has 3 aliphatic heterocycles. The number of alkyl halides is 6. The molecule has 26 heteroatoms. The Hall–Kier alpha value is -6.64. The third kappa shape index (κ3) is 13.9. The molecule has 0 radical (unpaired) electrons. The Labute approximate surface area is 439 Å². The summed E-state index contributed by atoms with van der Waals surface area (Å²) in [5.41, 5.74) is 2.61. The zero-order valence-electron chi connectivity index (χ0n) is 43.4. The maximum atomic E-state index is 16.0. The monoisotopic (exact) mass is 1100 g/mol. The molecule has 2 aromatic carbocycles. The number of piperazine rings is 1. The van der Waals surface area contributed by atoms with E-state index in [1.807, 2.05) is 22.8 Å². The number of carbonyl (C=O) groups excluding carboxylic acids is 4. The summed E-state index contributed by atoms with van der Waals surface area (Å²) in [5.74, 6) is -4.89. The number of aliphatic hydroxyl groups is 1. The zero-order valence-corrected chi connectivity index (χ0v) is 43.4. The first-order chi connectivity index (χ1) is 36.1. The van der Waals surface area contributed by atoms with Crippen molar-refractivity contribution in [2.75, 3.05) is 59.0 Å². The normalized spacial score (nSPS) is 19.3. The van der Waals surface area contributed by atoms with Gasteiger partial charge in [0.25, 0.3) is 5.91 Å². The van der Waals surface area contributed by atoms with Crippen LogP contribution in [0.4, 0.5) is 50.5 Å². The molecule has 4 heterocycles. The number of hydrogen-bond donors (Lipinski definition) is 6. The van der Waals surface area contributed by atoms with Gasteiger partial charge < -0.3 is 45.9 Å². The lowest BCUT2D eigenvalue weighted by molar-refractivity contribution is -0.221. The number of aliphatic imine (C=N–C) groups is 1. The fraction of sp³-hybridized carbons (Fsp3) is 0.529. The number of allylic oxidation sites excluding steroid dienone is 1. The number of ether oxygens (including phenoxy) is 3. The number of hydrazine groups is 1. The molecule has 2 unspecified atom stereocenters.